The van der Waals surface area contributed by atoms with Crippen LogP contribution in [0.1, 0.15) is 16.7 Å². The molecule has 0 spiro atoms. The van der Waals surface area contributed by atoms with E-state index in [4.69, 9.17) is 9.47 Å². The lowest BCUT2D eigenvalue weighted by molar-refractivity contribution is -0.140. The molecule has 0 aliphatic rings. The van der Waals surface area contributed by atoms with Gasteiger partial charge in [0.2, 0.25) is 0 Å². The Morgan fingerprint density at radius 3 is 1.68 bits per heavy atom. The molecular formula is C22H19BrF4N2O2. The first-order chi connectivity index (χ1) is 14.7. The fourth-order valence-electron chi connectivity index (χ4n) is 3.01. The van der Waals surface area contributed by atoms with E-state index < -0.39 is 22.2 Å². The zero-order chi connectivity index (χ0) is 22.6. The summed E-state index contributed by atoms with van der Waals surface area (Å²) < 4.78 is 63.5. The summed E-state index contributed by atoms with van der Waals surface area (Å²) in [5, 5.41) is 0. The second-order valence-corrected chi connectivity index (χ2v) is 7.43. The number of pyridine rings is 1. The van der Waals surface area contributed by atoms with Crippen LogP contribution in [0.15, 0.2) is 59.2 Å². The Labute approximate surface area is 185 Å². The van der Waals surface area contributed by atoms with E-state index >= 15 is 0 Å². The molecule has 0 aliphatic heterocycles. The number of ether oxygens (including phenoxy) is 2. The zero-order valence-electron chi connectivity index (χ0n) is 16.7. The third-order valence-corrected chi connectivity index (χ3v) is 5.16. The van der Waals surface area contributed by atoms with Gasteiger partial charge in [-0.3, -0.25) is 0 Å². The van der Waals surface area contributed by atoms with Crippen LogP contribution in [0.2, 0.25) is 0 Å². The molecule has 1 heterocycles. The second kappa shape index (κ2) is 9.55. The first-order valence-electron chi connectivity index (χ1n) is 9.15. The minimum absolute atomic E-state index is 0.0732. The number of methoxy groups -OCH3 is 2. The first-order valence-corrected chi connectivity index (χ1v) is 9.94. The van der Waals surface area contributed by atoms with Crippen LogP contribution in [0.5, 0.6) is 11.5 Å². The number of aromatic nitrogens is 1. The SMILES string of the molecule is COc1ccc(CN(Cc2ccc(OC)cc2)c2cc(F)c(C(F)(F)F)c(Br)n2)cc1. The first kappa shape index (κ1) is 22.9. The molecule has 0 fully saturated rings. The van der Waals surface area contributed by atoms with Crippen molar-refractivity contribution in [1.82, 2.24) is 4.98 Å². The molecule has 0 N–H and O–H groups in total. The Balaban J connectivity index is 1.97. The number of nitrogens with zero attached hydrogens (tertiary/aromatic N) is 2. The van der Waals surface area contributed by atoms with Gasteiger partial charge >= 0.3 is 6.18 Å². The molecule has 0 saturated carbocycles. The van der Waals surface area contributed by atoms with E-state index in [2.05, 4.69) is 20.9 Å². The van der Waals surface area contributed by atoms with E-state index in [0.717, 1.165) is 17.2 Å². The highest BCUT2D eigenvalue weighted by molar-refractivity contribution is 9.10. The smallest absolute Gasteiger partial charge is 0.421 e. The van der Waals surface area contributed by atoms with Crippen molar-refractivity contribution in [2.75, 3.05) is 19.1 Å². The molecule has 0 radical (unpaired) electrons. The zero-order valence-corrected chi connectivity index (χ0v) is 18.3. The van der Waals surface area contributed by atoms with Gasteiger partial charge in [0.1, 0.15) is 33.3 Å². The van der Waals surface area contributed by atoms with Crippen molar-refractivity contribution in [2.24, 2.45) is 0 Å². The lowest BCUT2D eigenvalue weighted by Gasteiger charge is -2.25. The number of hydrogen-bond acceptors (Lipinski definition) is 4. The van der Waals surface area contributed by atoms with Gasteiger partial charge in [-0.25, -0.2) is 9.37 Å². The van der Waals surface area contributed by atoms with Crippen LogP contribution in [0, 0.1) is 5.82 Å². The van der Waals surface area contributed by atoms with Gasteiger partial charge in [-0.15, -0.1) is 0 Å². The highest BCUT2D eigenvalue weighted by atomic mass is 79.9. The molecule has 0 unspecified atom stereocenters. The highest BCUT2D eigenvalue weighted by Gasteiger charge is 2.38. The van der Waals surface area contributed by atoms with Crippen molar-refractivity contribution < 1.29 is 27.0 Å². The number of hydrogen-bond donors (Lipinski definition) is 0. The Bertz CT molecular complexity index is 953. The summed E-state index contributed by atoms with van der Waals surface area (Å²) in [7, 11) is 3.11. The maximum Gasteiger partial charge on any atom is 0.421 e. The fourth-order valence-corrected chi connectivity index (χ4v) is 3.60. The molecule has 164 valence electrons. The molecule has 2 aromatic carbocycles. The lowest BCUT2D eigenvalue weighted by Crippen LogP contribution is -2.24. The highest BCUT2D eigenvalue weighted by Crippen LogP contribution is 2.37. The number of halogens is 5. The predicted molar refractivity (Wildman–Crippen MR) is 113 cm³/mol. The van der Waals surface area contributed by atoms with Crippen LogP contribution in [0.25, 0.3) is 0 Å². The molecule has 3 aromatic rings. The summed E-state index contributed by atoms with van der Waals surface area (Å²) in [5.74, 6) is 0.0293. The van der Waals surface area contributed by atoms with Gasteiger partial charge in [0, 0.05) is 19.2 Å². The molecule has 1 aromatic heterocycles. The van der Waals surface area contributed by atoms with Crippen LogP contribution in [-0.2, 0) is 19.3 Å². The van der Waals surface area contributed by atoms with Crippen LogP contribution < -0.4 is 14.4 Å². The van der Waals surface area contributed by atoms with E-state index in [9.17, 15) is 17.6 Å². The molecule has 0 aliphatic carbocycles. The van der Waals surface area contributed by atoms with Crippen molar-refractivity contribution in [3.8, 4) is 11.5 Å². The quantitative estimate of drug-likeness (QED) is 0.286. The molecule has 4 nitrogen and oxygen atoms in total. The standard InChI is InChI=1S/C22H19BrF4N2O2/c1-30-16-7-3-14(4-8-16)12-29(13-15-5-9-17(31-2)10-6-15)19-11-18(24)20(21(23)28-19)22(25,26)27/h3-11H,12-13H2,1-2H3. The van der Waals surface area contributed by atoms with E-state index in [1.165, 1.54) is 0 Å². The summed E-state index contributed by atoms with van der Waals surface area (Å²) in [6.45, 7) is 0.584. The van der Waals surface area contributed by atoms with Gasteiger partial charge in [-0.1, -0.05) is 24.3 Å². The number of anilines is 1. The maximum absolute atomic E-state index is 14.4. The van der Waals surface area contributed by atoms with Crippen molar-refractivity contribution >= 4 is 21.7 Å². The summed E-state index contributed by atoms with van der Waals surface area (Å²) in [6, 6.07) is 15.2. The number of benzene rings is 2. The Hall–Kier alpha value is -2.81. The lowest BCUT2D eigenvalue weighted by atomic mass is 10.1. The molecule has 0 amide bonds. The van der Waals surface area contributed by atoms with Gasteiger partial charge in [-0.2, -0.15) is 13.2 Å². The van der Waals surface area contributed by atoms with Crippen LogP contribution in [0.4, 0.5) is 23.4 Å². The third kappa shape index (κ3) is 5.66. The van der Waals surface area contributed by atoms with E-state index in [-0.39, 0.29) is 5.82 Å². The summed E-state index contributed by atoms with van der Waals surface area (Å²) >= 11 is 2.78. The second-order valence-electron chi connectivity index (χ2n) is 6.68. The monoisotopic (exact) mass is 498 g/mol. The van der Waals surface area contributed by atoms with Gasteiger partial charge in [0.05, 0.1) is 14.2 Å². The topological polar surface area (TPSA) is 34.6 Å². The van der Waals surface area contributed by atoms with Crippen LogP contribution in [0.3, 0.4) is 0 Å². The van der Waals surface area contributed by atoms with E-state index in [0.29, 0.717) is 24.6 Å². The normalized spacial score (nSPS) is 11.3. The molecule has 0 bridgehead atoms. The molecule has 0 atom stereocenters. The number of alkyl halides is 3. The van der Waals surface area contributed by atoms with E-state index in [1.54, 1.807) is 43.4 Å². The van der Waals surface area contributed by atoms with Crippen LogP contribution >= 0.6 is 15.9 Å². The minimum atomic E-state index is -4.86. The Kier molecular flexibility index (Phi) is 7.04. The Morgan fingerprint density at radius 1 is 0.871 bits per heavy atom. The fraction of sp³-hybridized carbons (Fsp3) is 0.227. The summed E-state index contributed by atoms with van der Waals surface area (Å²) in [6.07, 6.45) is -4.86. The van der Waals surface area contributed by atoms with Crippen molar-refractivity contribution in [2.45, 2.75) is 19.3 Å². The Morgan fingerprint density at radius 2 is 1.32 bits per heavy atom. The minimum Gasteiger partial charge on any atom is -0.497 e. The molecule has 9 heteroatoms. The predicted octanol–water partition coefficient (Wildman–Crippen LogP) is 6.23. The van der Waals surface area contributed by atoms with Crippen molar-refractivity contribution in [3.05, 3.63) is 81.7 Å². The number of rotatable bonds is 7. The van der Waals surface area contributed by atoms with Gasteiger partial charge in [0.15, 0.2) is 0 Å². The average molecular weight is 499 g/mol. The largest absolute Gasteiger partial charge is 0.497 e. The van der Waals surface area contributed by atoms with E-state index in [1.807, 2.05) is 24.3 Å². The molecule has 31 heavy (non-hydrogen) atoms. The maximum atomic E-state index is 14.4. The average Bonchev–Trinajstić information content (AvgIpc) is 2.72. The summed E-state index contributed by atoms with van der Waals surface area (Å²) in [5.41, 5.74) is 0.283. The van der Waals surface area contributed by atoms with Crippen molar-refractivity contribution in [3.63, 3.8) is 0 Å². The third-order valence-electron chi connectivity index (χ3n) is 4.59. The van der Waals surface area contributed by atoms with Gasteiger partial charge in [0.25, 0.3) is 0 Å². The molecule has 3 rings (SSSR count). The molecular weight excluding hydrogens is 480 g/mol. The molecule has 0 saturated heterocycles. The summed E-state index contributed by atoms with van der Waals surface area (Å²) in [4.78, 5) is 5.69. The van der Waals surface area contributed by atoms with Gasteiger partial charge in [-0.05, 0) is 51.3 Å². The van der Waals surface area contributed by atoms with Crippen molar-refractivity contribution in [1.29, 1.82) is 0 Å². The van der Waals surface area contributed by atoms with Gasteiger partial charge < -0.3 is 14.4 Å². The van der Waals surface area contributed by atoms with Crippen LogP contribution in [-0.4, -0.2) is 19.2 Å².